The zero-order valence-electron chi connectivity index (χ0n) is 17.6. The first kappa shape index (κ1) is 23.1. The first-order valence-corrected chi connectivity index (χ1v) is 13.1. The topological polar surface area (TPSA) is 52.6 Å². The van der Waals surface area contributed by atoms with Gasteiger partial charge in [0.05, 0.1) is 13.2 Å². The number of carbonyl (C=O) groups is 1. The van der Waals surface area contributed by atoms with Crippen LogP contribution >= 0.6 is 7.60 Å². The molecule has 158 valence electrons. The third-order valence-electron chi connectivity index (χ3n) is 6.43. The lowest BCUT2D eigenvalue weighted by Gasteiger charge is -2.28. The fourth-order valence-corrected chi connectivity index (χ4v) is 6.36. The maximum absolute atomic E-state index is 13.6. The lowest BCUT2D eigenvalue weighted by Crippen LogP contribution is -2.22. The van der Waals surface area contributed by atoms with Gasteiger partial charge in [-0.2, -0.15) is 0 Å². The second-order valence-corrected chi connectivity index (χ2v) is 10.6. The van der Waals surface area contributed by atoms with Crippen LogP contribution in [0.2, 0.25) is 0 Å². The van der Waals surface area contributed by atoms with Crippen LogP contribution in [-0.2, 0) is 18.4 Å². The van der Waals surface area contributed by atoms with E-state index in [-0.39, 0.29) is 11.4 Å². The van der Waals surface area contributed by atoms with Crippen molar-refractivity contribution in [2.45, 2.75) is 104 Å². The van der Waals surface area contributed by atoms with Gasteiger partial charge in [-0.25, -0.2) is 0 Å². The number of hydrogen-bond acceptors (Lipinski definition) is 4. The normalized spacial score (nSPS) is 21.3. The molecule has 2 aliphatic carbocycles. The Balaban J connectivity index is 1.99. The second-order valence-electron chi connectivity index (χ2n) is 8.68. The van der Waals surface area contributed by atoms with E-state index in [0.717, 1.165) is 44.9 Å². The Morgan fingerprint density at radius 2 is 1.37 bits per heavy atom. The van der Waals surface area contributed by atoms with Crippen LogP contribution in [0.3, 0.4) is 0 Å². The van der Waals surface area contributed by atoms with E-state index < -0.39 is 7.60 Å². The third kappa shape index (κ3) is 7.63. The lowest BCUT2D eigenvalue weighted by atomic mass is 9.90. The summed E-state index contributed by atoms with van der Waals surface area (Å²) in [4.78, 5) is 13.1. The Bertz CT molecular complexity index is 441. The number of carbonyl (C=O) groups excluding carboxylic acids is 1. The monoisotopic (exact) mass is 400 g/mol. The Morgan fingerprint density at radius 1 is 0.889 bits per heavy atom. The second kappa shape index (κ2) is 12.4. The first-order valence-electron chi connectivity index (χ1n) is 11.5. The molecular weight excluding hydrogens is 359 g/mol. The summed E-state index contributed by atoms with van der Waals surface area (Å²) in [5, 5.41) is 0. The van der Waals surface area contributed by atoms with Crippen molar-refractivity contribution in [1.82, 2.24) is 0 Å². The van der Waals surface area contributed by atoms with E-state index in [9.17, 15) is 9.36 Å². The molecule has 0 bridgehead atoms. The Morgan fingerprint density at radius 3 is 1.78 bits per heavy atom. The van der Waals surface area contributed by atoms with Crippen LogP contribution in [0.4, 0.5) is 0 Å². The van der Waals surface area contributed by atoms with Gasteiger partial charge in [0.1, 0.15) is 0 Å². The largest absolute Gasteiger partial charge is 0.397 e. The number of hydrogen-bond donors (Lipinski definition) is 0. The van der Waals surface area contributed by atoms with Crippen molar-refractivity contribution in [3.8, 4) is 0 Å². The maximum Gasteiger partial charge on any atom is 0.397 e. The van der Waals surface area contributed by atoms with E-state index in [1.54, 1.807) is 0 Å². The molecule has 1 unspecified atom stereocenters. The molecule has 0 saturated heterocycles. The highest BCUT2D eigenvalue weighted by molar-refractivity contribution is 7.71. The molecule has 0 aromatic carbocycles. The highest BCUT2D eigenvalue weighted by atomic mass is 31.2. The average Bonchev–Trinajstić information content (AvgIpc) is 2.72. The van der Waals surface area contributed by atoms with Crippen LogP contribution in [0, 0.1) is 17.8 Å². The molecule has 2 aliphatic rings. The quantitative estimate of drug-likeness (QED) is 0.327. The standard InChI is InChI=1S/C22H41O4P/c1-3-5-16-21(4-2)22(23)27(24,25-17-19-12-8-6-9-13-19)26-18-20-14-10-7-11-15-20/h19-21H,3-18H2,1-2H3. The molecule has 27 heavy (non-hydrogen) atoms. The molecular formula is C22H41O4P. The van der Waals surface area contributed by atoms with Crippen molar-refractivity contribution in [2.24, 2.45) is 17.8 Å². The minimum Gasteiger partial charge on any atom is -0.303 e. The van der Waals surface area contributed by atoms with Crippen molar-refractivity contribution < 1.29 is 18.4 Å². The molecule has 0 aliphatic heterocycles. The van der Waals surface area contributed by atoms with Gasteiger partial charge in [0, 0.05) is 5.92 Å². The van der Waals surface area contributed by atoms with Gasteiger partial charge in [0.2, 0.25) is 5.52 Å². The van der Waals surface area contributed by atoms with Crippen LogP contribution < -0.4 is 0 Å². The summed E-state index contributed by atoms with van der Waals surface area (Å²) in [6.45, 7) is 4.95. The summed E-state index contributed by atoms with van der Waals surface area (Å²) in [5.41, 5.74) is -0.259. The Kier molecular flexibility index (Phi) is 10.6. The summed E-state index contributed by atoms with van der Waals surface area (Å²) < 4.78 is 25.3. The number of rotatable bonds is 12. The van der Waals surface area contributed by atoms with E-state index in [1.165, 1.54) is 38.5 Å². The molecule has 2 rings (SSSR count). The Labute approximate surface area is 166 Å². The maximum atomic E-state index is 13.6. The van der Waals surface area contributed by atoms with Gasteiger partial charge in [-0.15, -0.1) is 0 Å². The Hall–Kier alpha value is -0.180. The third-order valence-corrected chi connectivity index (χ3v) is 8.31. The summed E-state index contributed by atoms with van der Waals surface area (Å²) in [7, 11) is -3.70. The average molecular weight is 401 g/mol. The number of unbranched alkanes of at least 4 members (excludes halogenated alkanes) is 1. The van der Waals surface area contributed by atoms with E-state index in [2.05, 4.69) is 6.92 Å². The van der Waals surface area contributed by atoms with Crippen LogP contribution in [0.25, 0.3) is 0 Å². The summed E-state index contributed by atoms with van der Waals surface area (Å²) in [6.07, 6.45) is 15.4. The molecule has 0 aromatic heterocycles. The summed E-state index contributed by atoms with van der Waals surface area (Å²) in [5.74, 6) is 0.649. The van der Waals surface area contributed by atoms with Gasteiger partial charge in [-0.05, 0) is 50.4 Å². The van der Waals surface area contributed by atoms with Gasteiger partial charge in [-0.1, -0.05) is 65.2 Å². The molecule has 1 atom stereocenters. The molecule has 0 amide bonds. The zero-order valence-corrected chi connectivity index (χ0v) is 18.5. The predicted molar refractivity (Wildman–Crippen MR) is 111 cm³/mol. The lowest BCUT2D eigenvalue weighted by molar-refractivity contribution is -0.118. The fraction of sp³-hybridized carbons (Fsp3) is 0.955. The SMILES string of the molecule is CCCCC(CC)C(=O)P(=O)(OCC1CCCCC1)OCC1CCCCC1. The molecule has 0 radical (unpaired) electrons. The summed E-state index contributed by atoms with van der Waals surface area (Å²) in [6, 6.07) is 0. The highest BCUT2D eigenvalue weighted by Gasteiger charge is 2.40. The van der Waals surface area contributed by atoms with Crippen LogP contribution in [0.5, 0.6) is 0 Å². The summed E-state index contributed by atoms with van der Waals surface area (Å²) >= 11 is 0. The smallest absolute Gasteiger partial charge is 0.303 e. The molecule has 2 saturated carbocycles. The van der Waals surface area contributed by atoms with E-state index in [0.29, 0.717) is 31.5 Å². The van der Waals surface area contributed by atoms with E-state index >= 15 is 0 Å². The predicted octanol–water partition coefficient (Wildman–Crippen LogP) is 7.12. The highest BCUT2D eigenvalue weighted by Crippen LogP contribution is 2.53. The van der Waals surface area contributed by atoms with Crippen molar-refractivity contribution in [3.63, 3.8) is 0 Å². The first-order chi connectivity index (χ1) is 13.1. The molecule has 0 aromatic rings. The van der Waals surface area contributed by atoms with Crippen molar-refractivity contribution in [1.29, 1.82) is 0 Å². The van der Waals surface area contributed by atoms with Crippen LogP contribution in [0.1, 0.15) is 104 Å². The fourth-order valence-electron chi connectivity index (χ4n) is 4.46. The molecule has 4 nitrogen and oxygen atoms in total. The molecule has 2 fully saturated rings. The van der Waals surface area contributed by atoms with E-state index in [4.69, 9.17) is 9.05 Å². The van der Waals surface area contributed by atoms with Gasteiger partial charge >= 0.3 is 7.60 Å². The van der Waals surface area contributed by atoms with Crippen molar-refractivity contribution >= 4 is 13.1 Å². The molecule has 0 N–H and O–H groups in total. The minimum atomic E-state index is -3.70. The van der Waals surface area contributed by atoms with Crippen molar-refractivity contribution in [2.75, 3.05) is 13.2 Å². The van der Waals surface area contributed by atoms with Gasteiger partial charge in [0.25, 0.3) is 0 Å². The van der Waals surface area contributed by atoms with Gasteiger partial charge in [0.15, 0.2) is 0 Å². The molecule has 0 spiro atoms. The molecule has 5 heteroatoms. The van der Waals surface area contributed by atoms with Crippen LogP contribution in [0.15, 0.2) is 0 Å². The van der Waals surface area contributed by atoms with Crippen molar-refractivity contribution in [3.05, 3.63) is 0 Å². The zero-order chi connectivity index (χ0) is 19.5. The van der Waals surface area contributed by atoms with Gasteiger partial charge < -0.3 is 9.05 Å². The van der Waals surface area contributed by atoms with Crippen LogP contribution in [-0.4, -0.2) is 18.7 Å². The minimum absolute atomic E-state index is 0.200. The molecule has 0 heterocycles. The van der Waals surface area contributed by atoms with E-state index in [1.807, 2.05) is 6.92 Å². The van der Waals surface area contributed by atoms with Gasteiger partial charge in [-0.3, -0.25) is 9.36 Å².